The highest BCUT2D eigenvalue weighted by atomic mass is 32.2. The van der Waals surface area contributed by atoms with E-state index in [-0.39, 0.29) is 5.69 Å². The predicted molar refractivity (Wildman–Crippen MR) is 169 cm³/mol. The average Bonchev–Trinajstić information content (AvgIpc) is 3.07. The third kappa shape index (κ3) is 9.01. The van der Waals surface area contributed by atoms with Crippen LogP contribution in [0.5, 0.6) is 0 Å². The number of anilines is 1. The van der Waals surface area contributed by atoms with Gasteiger partial charge < -0.3 is 4.90 Å². The van der Waals surface area contributed by atoms with Gasteiger partial charge in [0.1, 0.15) is 0 Å². The molecule has 0 saturated heterocycles. The van der Waals surface area contributed by atoms with Gasteiger partial charge in [-0.1, -0.05) is 0 Å². The molecular formula is C32H26F9N7S. The van der Waals surface area contributed by atoms with E-state index >= 15 is 0 Å². The lowest BCUT2D eigenvalue weighted by atomic mass is 10.1. The van der Waals surface area contributed by atoms with Crippen LogP contribution in [0.15, 0.2) is 133 Å². The molecule has 0 saturated carbocycles. The summed E-state index contributed by atoms with van der Waals surface area (Å²) in [5.74, 6) is -13.7. The molecule has 0 aliphatic rings. The number of thioether (sulfide) groups is 1. The molecule has 0 N–H and O–H groups in total. The summed E-state index contributed by atoms with van der Waals surface area (Å²) >= 11 is -1.14. The Labute approximate surface area is 278 Å². The van der Waals surface area contributed by atoms with Gasteiger partial charge in [0.05, 0.1) is 34.1 Å². The van der Waals surface area contributed by atoms with Crippen LogP contribution < -0.4 is 4.90 Å². The fourth-order valence-electron chi connectivity index (χ4n) is 3.99. The van der Waals surface area contributed by atoms with E-state index < -0.39 is 39.9 Å². The molecule has 17 heteroatoms. The standard InChI is InChI=1S/C32H26F9N7S/c1-3-48(4-2)27-17-13-25(14-18-27)46-44-23-9-5-21(6-10-23)42-43-22-7-11-24(12-8-22)45-47-26-15-19-28(20-16-26)49-32(40,41)30(35,36)29(33,34)31(37,38)39/h5-20H,3-4H2,1-2H3. The van der Waals surface area contributed by atoms with Crippen molar-refractivity contribution in [1.82, 2.24) is 0 Å². The summed E-state index contributed by atoms with van der Waals surface area (Å²) in [7, 11) is 0. The molecule has 0 spiro atoms. The minimum atomic E-state index is -6.96. The Kier molecular flexibility index (Phi) is 11.5. The van der Waals surface area contributed by atoms with Crippen LogP contribution in [0.1, 0.15) is 13.8 Å². The predicted octanol–water partition coefficient (Wildman–Crippen LogP) is 13.3. The molecule has 0 radical (unpaired) electrons. The molecule has 0 aliphatic carbocycles. The second-order valence-corrected chi connectivity index (χ2v) is 11.3. The number of halogens is 9. The van der Waals surface area contributed by atoms with Crippen LogP contribution in [-0.2, 0) is 0 Å². The van der Waals surface area contributed by atoms with Crippen molar-refractivity contribution in [2.45, 2.75) is 42.0 Å². The lowest BCUT2D eigenvalue weighted by molar-refractivity contribution is -0.381. The number of hydrogen-bond acceptors (Lipinski definition) is 8. The van der Waals surface area contributed by atoms with Crippen molar-refractivity contribution in [3.8, 4) is 0 Å². The summed E-state index contributed by atoms with van der Waals surface area (Å²) < 4.78 is 118. The zero-order valence-electron chi connectivity index (χ0n) is 25.6. The first-order chi connectivity index (χ1) is 23.1. The van der Waals surface area contributed by atoms with Crippen LogP contribution in [0.4, 0.5) is 79.3 Å². The Balaban J connectivity index is 1.31. The van der Waals surface area contributed by atoms with Crippen LogP contribution in [0.3, 0.4) is 0 Å². The van der Waals surface area contributed by atoms with Gasteiger partial charge in [0.15, 0.2) is 0 Å². The molecule has 7 nitrogen and oxygen atoms in total. The largest absolute Gasteiger partial charge is 0.460 e. The van der Waals surface area contributed by atoms with E-state index in [9.17, 15) is 39.5 Å². The van der Waals surface area contributed by atoms with Crippen molar-refractivity contribution in [2.24, 2.45) is 30.7 Å². The van der Waals surface area contributed by atoms with Crippen molar-refractivity contribution in [2.75, 3.05) is 18.0 Å². The Hall–Kier alpha value is -4.80. The normalized spacial score (nSPS) is 13.2. The number of benzene rings is 4. The number of hydrogen-bond donors (Lipinski definition) is 0. The first kappa shape index (κ1) is 37.0. The van der Waals surface area contributed by atoms with Gasteiger partial charge in [0.2, 0.25) is 0 Å². The van der Waals surface area contributed by atoms with Crippen LogP contribution in [0.25, 0.3) is 0 Å². The highest BCUT2D eigenvalue weighted by Crippen LogP contribution is 2.57. The molecule has 0 fully saturated rings. The van der Waals surface area contributed by atoms with Crippen molar-refractivity contribution in [1.29, 1.82) is 0 Å². The van der Waals surface area contributed by atoms with E-state index in [1.54, 1.807) is 48.5 Å². The molecule has 0 amide bonds. The summed E-state index contributed by atoms with van der Waals surface area (Å²) in [5.41, 5.74) is 3.89. The SMILES string of the molecule is CCN(CC)c1ccc(N=Nc2ccc(N=Nc3ccc(N=Nc4ccc(SC(F)(F)C(F)(F)C(F)(F)C(F)(F)F)cc4)cc3)cc2)cc1. The Morgan fingerprint density at radius 2 is 0.735 bits per heavy atom. The molecule has 4 aromatic carbocycles. The minimum Gasteiger partial charge on any atom is -0.372 e. The van der Waals surface area contributed by atoms with Gasteiger partial charge in [0, 0.05) is 23.7 Å². The maximum Gasteiger partial charge on any atom is 0.460 e. The number of azo groups is 3. The first-order valence-electron chi connectivity index (χ1n) is 14.4. The van der Waals surface area contributed by atoms with Crippen molar-refractivity contribution in [3.63, 3.8) is 0 Å². The monoisotopic (exact) mass is 711 g/mol. The van der Waals surface area contributed by atoms with Gasteiger partial charge in [-0.05, 0) is 123 Å². The van der Waals surface area contributed by atoms with Crippen LogP contribution in [-0.4, -0.2) is 36.4 Å². The van der Waals surface area contributed by atoms with E-state index in [1.165, 1.54) is 0 Å². The van der Waals surface area contributed by atoms with E-state index in [1.807, 2.05) is 24.3 Å². The lowest BCUT2D eigenvalue weighted by Gasteiger charge is -2.33. The number of alkyl halides is 9. The molecule has 0 aliphatic heterocycles. The molecule has 0 unspecified atom stereocenters. The molecule has 0 bridgehead atoms. The fraction of sp³-hybridized carbons (Fsp3) is 0.250. The maximum atomic E-state index is 13.9. The van der Waals surface area contributed by atoms with Gasteiger partial charge in [-0.15, -0.1) is 0 Å². The van der Waals surface area contributed by atoms with E-state index in [4.69, 9.17) is 0 Å². The quantitative estimate of drug-likeness (QED) is 0.0786. The summed E-state index contributed by atoms with van der Waals surface area (Å²) in [5, 5.41) is 18.8. The van der Waals surface area contributed by atoms with Crippen molar-refractivity contribution >= 4 is 51.6 Å². The number of nitrogens with zero attached hydrogens (tertiary/aromatic N) is 7. The maximum absolute atomic E-state index is 13.9. The molecule has 0 atom stereocenters. The van der Waals surface area contributed by atoms with Gasteiger partial charge >= 0.3 is 23.3 Å². The highest BCUT2D eigenvalue weighted by Gasteiger charge is 2.82. The molecule has 4 aromatic rings. The third-order valence-corrected chi connectivity index (χ3v) is 7.74. The molecule has 4 rings (SSSR count). The van der Waals surface area contributed by atoms with Crippen LogP contribution in [0.2, 0.25) is 0 Å². The van der Waals surface area contributed by atoms with Crippen LogP contribution >= 0.6 is 11.8 Å². The molecule has 0 aromatic heterocycles. The second kappa shape index (κ2) is 15.2. The van der Waals surface area contributed by atoms with E-state index in [2.05, 4.69) is 49.4 Å². The smallest absolute Gasteiger partial charge is 0.372 e. The van der Waals surface area contributed by atoms with E-state index in [0.717, 1.165) is 48.7 Å². The second-order valence-electron chi connectivity index (χ2n) is 10.1. The fourth-order valence-corrected chi connectivity index (χ4v) is 4.82. The summed E-state index contributed by atoms with van der Waals surface area (Å²) in [6.07, 6.45) is -6.88. The summed E-state index contributed by atoms with van der Waals surface area (Å²) in [4.78, 5) is 1.52. The van der Waals surface area contributed by atoms with Gasteiger partial charge in [-0.2, -0.15) is 70.2 Å². The average molecular weight is 712 g/mol. The first-order valence-corrected chi connectivity index (χ1v) is 15.2. The third-order valence-electron chi connectivity index (χ3n) is 6.72. The Morgan fingerprint density at radius 3 is 1.02 bits per heavy atom. The summed E-state index contributed by atoms with van der Waals surface area (Å²) in [6, 6.07) is 24.7. The topological polar surface area (TPSA) is 77.4 Å². The van der Waals surface area contributed by atoms with Crippen LogP contribution in [0, 0.1) is 0 Å². The Bertz CT molecular complexity index is 1760. The molecular weight excluding hydrogens is 685 g/mol. The van der Waals surface area contributed by atoms with Gasteiger partial charge in [0.25, 0.3) is 0 Å². The van der Waals surface area contributed by atoms with E-state index in [0.29, 0.717) is 22.7 Å². The minimum absolute atomic E-state index is 0.0555. The van der Waals surface area contributed by atoms with Gasteiger partial charge in [-0.3, -0.25) is 0 Å². The molecule has 0 heterocycles. The molecule has 258 valence electrons. The van der Waals surface area contributed by atoms with Gasteiger partial charge in [-0.25, -0.2) is 0 Å². The zero-order chi connectivity index (χ0) is 35.9. The Morgan fingerprint density at radius 1 is 0.449 bits per heavy atom. The van der Waals surface area contributed by atoms with Crippen molar-refractivity contribution < 1.29 is 39.5 Å². The van der Waals surface area contributed by atoms with Crippen molar-refractivity contribution in [3.05, 3.63) is 97.1 Å². The molecule has 49 heavy (non-hydrogen) atoms. The lowest BCUT2D eigenvalue weighted by Crippen LogP contribution is -2.59. The zero-order valence-corrected chi connectivity index (χ0v) is 26.4. The number of rotatable bonds is 13. The summed E-state index contributed by atoms with van der Waals surface area (Å²) in [6.45, 7) is 6.00. The highest BCUT2D eigenvalue weighted by molar-refractivity contribution is 8.00.